The van der Waals surface area contributed by atoms with Gasteiger partial charge < -0.3 is 9.62 Å². The molecule has 0 fully saturated rings. The summed E-state index contributed by atoms with van der Waals surface area (Å²) in [5.74, 6) is 1.07. The van der Waals surface area contributed by atoms with Crippen LogP contribution in [0.1, 0.15) is 0 Å². The van der Waals surface area contributed by atoms with Gasteiger partial charge in [0.25, 0.3) is 0 Å². The van der Waals surface area contributed by atoms with Gasteiger partial charge in [0.1, 0.15) is 25.3 Å². The molecular formula is C12H8BN8. The van der Waals surface area contributed by atoms with Crippen molar-refractivity contribution in [3.63, 3.8) is 0 Å². The third-order valence-corrected chi connectivity index (χ3v) is 3.02. The zero-order valence-corrected chi connectivity index (χ0v) is 10.8. The van der Waals surface area contributed by atoms with E-state index in [-0.39, 0.29) is 0 Å². The number of nitrogens with zero attached hydrogens (tertiary/aromatic N) is 8. The van der Waals surface area contributed by atoms with Crippen molar-refractivity contribution >= 4 is 30.8 Å². The molecular weight excluding hydrogens is 267 g/mol. The van der Waals surface area contributed by atoms with Gasteiger partial charge in [0.2, 0.25) is 11.9 Å². The molecule has 0 aliphatic carbocycles. The maximum absolute atomic E-state index is 4.18. The SMILES string of the molecule is [B]1N(c2ncncn2)c2ccccc2N1c1ncncn1. The van der Waals surface area contributed by atoms with E-state index in [1.165, 1.54) is 25.3 Å². The highest BCUT2D eigenvalue weighted by Crippen LogP contribution is 2.40. The quantitative estimate of drug-likeness (QED) is 0.637. The summed E-state index contributed by atoms with van der Waals surface area (Å²) in [5, 5.41) is 0. The fraction of sp³-hybridized carbons (Fsp3) is 0. The Bertz CT molecular complexity index is 689. The van der Waals surface area contributed by atoms with Gasteiger partial charge in [-0.1, -0.05) is 12.1 Å². The smallest absolute Gasteiger partial charge is 0.335 e. The van der Waals surface area contributed by atoms with Crippen molar-refractivity contribution in [3.05, 3.63) is 49.6 Å². The highest BCUT2D eigenvalue weighted by molar-refractivity contribution is 6.54. The average Bonchev–Trinajstić information content (AvgIpc) is 2.96. The number of hydrogen-bond donors (Lipinski definition) is 0. The van der Waals surface area contributed by atoms with Crippen molar-refractivity contribution < 1.29 is 0 Å². The number of fused-ring (bicyclic) bond motifs is 1. The zero-order valence-electron chi connectivity index (χ0n) is 10.8. The summed E-state index contributed by atoms with van der Waals surface area (Å²) >= 11 is 0. The molecule has 1 aliphatic rings. The highest BCUT2D eigenvalue weighted by Gasteiger charge is 2.32. The van der Waals surface area contributed by atoms with Crippen molar-refractivity contribution in [2.24, 2.45) is 0 Å². The van der Waals surface area contributed by atoms with E-state index in [4.69, 9.17) is 0 Å². The van der Waals surface area contributed by atoms with Crippen molar-refractivity contribution in [2.45, 2.75) is 0 Å². The number of hydrogen-bond acceptors (Lipinski definition) is 8. The zero-order chi connectivity index (χ0) is 14.1. The lowest BCUT2D eigenvalue weighted by molar-refractivity contribution is 1.02. The number of rotatable bonds is 2. The molecule has 0 unspecified atom stereocenters. The number of anilines is 4. The first-order valence-electron chi connectivity index (χ1n) is 6.20. The maximum atomic E-state index is 4.18. The van der Waals surface area contributed by atoms with Crippen molar-refractivity contribution in [1.29, 1.82) is 0 Å². The molecule has 3 aromatic rings. The van der Waals surface area contributed by atoms with Crippen LogP contribution in [0.25, 0.3) is 0 Å². The first-order valence-corrected chi connectivity index (χ1v) is 6.20. The van der Waals surface area contributed by atoms with Gasteiger partial charge in [-0.3, -0.25) is 0 Å². The minimum Gasteiger partial charge on any atom is -0.335 e. The lowest BCUT2D eigenvalue weighted by Gasteiger charge is -2.15. The standard InChI is InChI=1S/C12H8BN8/c1-2-4-10-9(3-1)20(11-16-5-14-6-17-11)13-21(10)12-18-7-15-8-19-12/h1-8H. The summed E-state index contributed by atoms with van der Waals surface area (Å²) in [4.78, 5) is 28.1. The summed E-state index contributed by atoms with van der Waals surface area (Å²) in [5.41, 5.74) is 1.90. The van der Waals surface area contributed by atoms with E-state index in [0.29, 0.717) is 11.9 Å². The summed E-state index contributed by atoms with van der Waals surface area (Å²) in [6.45, 7) is 0. The van der Waals surface area contributed by atoms with Crippen LogP contribution in [0, 0.1) is 0 Å². The number of benzene rings is 1. The second-order valence-corrected chi connectivity index (χ2v) is 4.22. The molecule has 0 amide bonds. The van der Waals surface area contributed by atoms with Gasteiger partial charge >= 0.3 is 7.55 Å². The molecule has 0 atom stereocenters. The Balaban J connectivity index is 1.81. The summed E-state index contributed by atoms with van der Waals surface area (Å²) < 4.78 is 0. The van der Waals surface area contributed by atoms with Crippen LogP contribution in [0.2, 0.25) is 0 Å². The molecule has 0 bridgehead atoms. The van der Waals surface area contributed by atoms with E-state index < -0.39 is 0 Å². The molecule has 4 rings (SSSR count). The van der Waals surface area contributed by atoms with Crippen LogP contribution in [0.4, 0.5) is 23.3 Å². The molecule has 0 spiro atoms. The van der Waals surface area contributed by atoms with Crippen LogP contribution in [0.3, 0.4) is 0 Å². The van der Waals surface area contributed by atoms with Crippen LogP contribution in [-0.2, 0) is 0 Å². The number of aromatic nitrogens is 6. The van der Waals surface area contributed by atoms with E-state index in [9.17, 15) is 0 Å². The second kappa shape index (κ2) is 4.78. The van der Waals surface area contributed by atoms with Gasteiger partial charge in [0.05, 0.1) is 11.4 Å². The Kier molecular flexibility index (Phi) is 2.67. The molecule has 0 saturated heterocycles. The van der Waals surface area contributed by atoms with Crippen LogP contribution in [0.5, 0.6) is 0 Å². The summed E-state index contributed by atoms with van der Waals surface area (Å²) in [6, 6.07) is 7.88. The minimum absolute atomic E-state index is 0.536. The first kappa shape index (κ1) is 11.7. The minimum atomic E-state index is 0.536. The Hall–Kier alpha value is -3.10. The van der Waals surface area contributed by atoms with Crippen molar-refractivity contribution in [3.8, 4) is 0 Å². The van der Waals surface area contributed by atoms with E-state index in [1.54, 1.807) is 0 Å². The van der Waals surface area contributed by atoms with E-state index in [0.717, 1.165) is 11.4 Å². The van der Waals surface area contributed by atoms with E-state index >= 15 is 0 Å². The Morgan fingerprint density at radius 1 is 0.667 bits per heavy atom. The van der Waals surface area contributed by atoms with Gasteiger partial charge in [-0.05, 0) is 12.1 Å². The lowest BCUT2D eigenvalue weighted by Crippen LogP contribution is -2.30. The van der Waals surface area contributed by atoms with Gasteiger partial charge in [-0.25, -0.2) is 29.9 Å². The Morgan fingerprint density at radius 2 is 1.10 bits per heavy atom. The predicted octanol–water partition coefficient (Wildman–Crippen LogP) is 0.881. The molecule has 2 aromatic heterocycles. The monoisotopic (exact) mass is 275 g/mol. The van der Waals surface area contributed by atoms with Crippen LogP contribution in [0.15, 0.2) is 49.6 Å². The van der Waals surface area contributed by atoms with Crippen molar-refractivity contribution in [2.75, 3.05) is 9.62 Å². The number of para-hydroxylation sites is 2. The molecule has 8 nitrogen and oxygen atoms in total. The average molecular weight is 275 g/mol. The third-order valence-electron chi connectivity index (χ3n) is 3.02. The largest absolute Gasteiger partial charge is 0.406 e. The Morgan fingerprint density at radius 3 is 1.52 bits per heavy atom. The fourth-order valence-electron chi connectivity index (χ4n) is 2.15. The van der Waals surface area contributed by atoms with Crippen LogP contribution in [-0.4, -0.2) is 37.5 Å². The molecule has 3 heterocycles. The van der Waals surface area contributed by atoms with E-state index in [2.05, 4.69) is 29.9 Å². The normalized spacial score (nSPS) is 13.0. The van der Waals surface area contributed by atoms with Gasteiger partial charge in [0, 0.05) is 0 Å². The molecule has 1 aliphatic heterocycles. The molecule has 1 radical (unpaired) electrons. The van der Waals surface area contributed by atoms with E-state index in [1.807, 2.05) is 41.4 Å². The van der Waals surface area contributed by atoms with Gasteiger partial charge in [-0.2, -0.15) is 0 Å². The third kappa shape index (κ3) is 1.95. The lowest BCUT2D eigenvalue weighted by atomic mass is 10.1. The van der Waals surface area contributed by atoms with Crippen LogP contribution >= 0.6 is 0 Å². The topological polar surface area (TPSA) is 83.8 Å². The summed E-state index contributed by atoms with van der Waals surface area (Å²) in [7, 11) is 1.84. The maximum Gasteiger partial charge on any atom is 0.406 e. The van der Waals surface area contributed by atoms with Crippen molar-refractivity contribution in [1.82, 2.24) is 29.9 Å². The summed E-state index contributed by atoms with van der Waals surface area (Å²) in [6.07, 6.45) is 5.85. The molecule has 1 aromatic carbocycles. The fourth-order valence-corrected chi connectivity index (χ4v) is 2.15. The van der Waals surface area contributed by atoms with Crippen LogP contribution < -0.4 is 9.62 Å². The highest BCUT2D eigenvalue weighted by atomic mass is 15.4. The first-order chi connectivity index (χ1) is 10.4. The Labute approximate surface area is 120 Å². The second-order valence-electron chi connectivity index (χ2n) is 4.22. The predicted molar refractivity (Wildman–Crippen MR) is 76.1 cm³/mol. The molecule has 9 heteroatoms. The molecule has 0 saturated carbocycles. The van der Waals surface area contributed by atoms with Gasteiger partial charge in [-0.15, -0.1) is 0 Å². The molecule has 21 heavy (non-hydrogen) atoms. The molecule has 0 N–H and O–H groups in total. The van der Waals surface area contributed by atoms with Gasteiger partial charge in [0.15, 0.2) is 0 Å². The molecule has 99 valence electrons.